The van der Waals surface area contributed by atoms with Gasteiger partial charge in [0.05, 0.1) is 25.4 Å². The van der Waals surface area contributed by atoms with E-state index in [-0.39, 0.29) is 12.5 Å². The topological polar surface area (TPSA) is 149 Å². The minimum atomic E-state index is -1.56. The number of ether oxygens (including phenoxy) is 2. The molecule has 9 nitrogen and oxygen atoms in total. The summed E-state index contributed by atoms with van der Waals surface area (Å²) in [6.07, 6.45) is 76.4. The molecule has 1 saturated heterocycles. The lowest BCUT2D eigenvalue weighted by atomic mass is 9.99. The Labute approximate surface area is 516 Å². The van der Waals surface area contributed by atoms with Crippen LogP contribution in [-0.2, 0) is 14.3 Å². The van der Waals surface area contributed by atoms with Crippen LogP contribution in [0.3, 0.4) is 0 Å². The quantitative estimate of drug-likeness (QED) is 0.0261. The molecular formula is C74H145NO8. The first kappa shape index (κ1) is 79.9. The number of amides is 1. The van der Waals surface area contributed by atoms with Gasteiger partial charge in [0.15, 0.2) is 6.29 Å². The molecule has 0 aromatic rings. The Morgan fingerprint density at radius 1 is 0.398 bits per heavy atom. The molecule has 1 fully saturated rings. The van der Waals surface area contributed by atoms with Crippen LogP contribution in [0.25, 0.3) is 0 Å². The van der Waals surface area contributed by atoms with E-state index in [1.165, 1.54) is 340 Å². The first-order valence-electron chi connectivity index (χ1n) is 37.4. The molecule has 7 atom stereocenters. The number of carbonyl (C=O) groups is 1. The zero-order valence-corrected chi connectivity index (χ0v) is 55.5. The van der Waals surface area contributed by atoms with Crippen molar-refractivity contribution in [2.75, 3.05) is 13.2 Å². The Morgan fingerprint density at radius 2 is 0.663 bits per heavy atom. The third kappa shape index (κ3) is 52.6. The third-order valence-corrected chi connectivity index (χ3v) is 18.4. The summed E-state index contributed by atoms with van der Waals surface area (Å²) >= 11 is 0. The van der Waals surface area contributed by atoms with E-state index in [1.54, 1.807) is 6.08 Å². The minimum absolute atomic E-state index is 0.166. The SMILES string of the molecule is CCCCCCCCCCCCCCCCCCCCC/C=C/C(O)C(COC1OC(CO)C(O)C(O)C1O)NC(=O)CCCCCCCCCCCCCCCCCCCCCCCCCCCCCCCCCCCCCCCCC. The maximum atomic E-state index is 13.1. The van der Waals surface area contributed by atoms with Gasteiger partial charge < -0.3 is 40.3 Å². The highest BCUT2D eigenvalue weighted by Crippen LogP contribution is 2.24. The fraction of sp³-hybridized carbons (Fsp3) is 0.959. The van der Waals surface area contributed by atoms with E-state index in [1.807, 2.05) is 6.08 Å². The Balaban J connectivity index is 2.03. The van der Waals surface area contributed by atoms with Gasteiger partial charge >= 0.3 is 0 Å². The Bertz CT molecular complexity index is 1320. The second-order valence-corrected chi connectivity index (χ2v) is 26.5. The zero-order valence-electron chi connectivity index (χ0n) is 55.5. The van der Waals surface area contributed by atoms with Crippen molar-refractivity contribution in [1.29, 1.82) is 0 Å². The molecule has 1 heterocycles. The number of hydrogen-bond acceptors (Lipinski definition) is 8. The molecule has 0 radical (unpaired) electrons. The Kier molecular flexibility index (Phi) is 61.6. The summed E-state index contributed by atoms with van der Waals surface area (Å²) in [7, 11) is 0. The van der Waals surface area contributed by atoms with Gasteiger partial charge in [-0.3, -0.25) is 4.79 Å². The lowest BCUT2D eigenvalue weighted by molar-refractivity contribution is -0.302. The molecule has 1 aliphatic rings. The molecule has 7 unspecified atom stereocenters. The average molecular weight is 1180 g/mol. The number of aliphatic hydroxyl groups is 5. The normalized spacial score (nSPS) is 18.2. The van der Waals surface area contributed by atoms with E-state index >= 15 is 0 Å². The Hall–Kier alpha value is -1.07. The first-order chi connectivity index (χ1) is 40.8. The third-order valence-electron chi connectivity index (χ3n) is 18.4. The van der Waals surface area contributed by atoms with Crippen LogP contribution in [0, 0.1) is 0 Å². The number of nitrogens with one attached hydrogen (secondary N) is 1. The number of carbonyl (C=O) groups excluding carboxylic acids is 1. The number of rotatable bonds is 67. The summed E-state index contributed by atoms with van der Waals surface area (Å²) in [5, 5.41) is 54.8. The van der Waals surface area contributed by atoms with E-state index in [9.17, 15) is 30.3 Å². The molecule has 1 rings (SSSR count). The molecule has 1 amide bonds. The lowest BCUT2D eigenvalue weighted by Gasteiger charge is -2.40. The van der Waals surface area contributed by atoms with Crippen LogP contribution in [0.5, 0.6) is 0 Å². The smallest absolute Gasteiger partial charge is 0.220 e. The molecular weight excluding hydrogens is 1030 g/mol. The van der Waals surface area contributed by atoms with Gasteiger partial charge in [-0.05, 0) is 19.3 Å². The highest BCUT2D eigenvalue weighted by Gasteiger charge is 2.44. The summed E-state index contributed by atoms with van der Waals surface area (Å²) < 4.78 is 11.3. The van der Waals surface area contributed by atoms with Crippen molar-refractivity contribution in [2.45, 2.75) is 442 Å². The van der Waals surface area contributed by atoms with Crippen molar-refractivity contribution in [3.63, 3.8) is 0 Å². The second-order valence-electron chi connectivity index (χ2n) is 26.5. The summed E-state index contributed by atoms with van der Waals surface area (Å²) in [5.74, 6) is -0.166. The van der Waals surface area contributed by atoms with Gasteiger partial charge in [0.25, 0.3) is 0 Å². The van der Waals surface area contributed by atoms with Crippen LogP contribution < -0.4 is 5.32 Å². The highest BCUT2D eigenvalue weighted by molar-refractivity contribution is 5.76. The molecule has 0 aromatic heterocycles. The minimum Gasteiger partial charge on any atom is -0.394 e. The molecule has 83 heavy (non-hydrogen) atoms. The van der Waals surface area contributed by atoms with Crippen LogP contribution in [0.2, 0.25) is 0 Å². The molecule has 494 valence electrons. The fourth-order valence-corrected chi connectivity index (χ4v) is 12.5. The summed E-state index contributed by atoms with van der Waals surface area (Å²) in [6.45, 7) is 3.85. The largest absolute Gasteiger partial charge is 0.394 e. The van der Waals surface area contributed by atoms with Crippen molar-refractivity contribution >= 4 is 5.91 Å². The van der Waals surface area contributed by atoms with Crippen molar-refractivity contribution in [3.05, 3.63) is 12.2 Å². The maximum absolute atomic E-state index is 13.1. The lowest BCUT2D eigenvalue weighted by Crippen LogP contribution is -2.60. The second kappa shape index (κ2) is 63.9. The fourth-order valence-electron chi connectivity index (χ4n) is 12.5. The van der Waals surface area contributed by atoms with Gasteiger partial charge in [0.2, 0.25) is 5.91 Å². The van der Waals surface area contributed by atoms with E-state index in [0.29, 0.717) is 6.42 Å². The maximum Gasteiger partial charge on any atom is 0.220 e. The van der Waals surface area contributed by atoms with Gasteiger partial charge in [0.1, 0.15) is 24.4 Å². The van der Waals surface area contributed by atoms with E-state index in [4.69, 9.17) is 9.47 Å². The molecule has 9 heteroatoms. The van der Waals surface area contributed by atoms with Gasteiger partial charge in [-0.2, -0.15) is 0 Å². The highest BCUT2D eigenvalue weighted by atomic mass is 16.7. The van der Waals surface area contributed by atoms with Crippen molar-refractivity contribution in [3.8, 4) is 0 Å². The van der Waals surface area contributed by atoms with E-state index < -0.39 is 49.5 Å². The van der Waals surface area contributed by atoms with E-state index in [0.717, 1.165) is 38.5 Å². The first-order valence-corrected chi connectivity index (χ1v) is 37.4. The molecule has 6 N–H and O–H groups in total. The molecule has 0 aromatic carbocycles. The van der Waals surface area contributed by atoms with Gasteiger partial charge in [-0.25, -0.2) is 0 Å². The predicted octanol–water partition coefficient (Wildman–Crippen LogP) is 20.7. The standard InChI is InChI=1S/C74H145NO8/c1-3-5-7-9-11-13-15-17-19-21-23-25-26-27-28-29-30-31-32-33-34-35-36-37-38-39-40-41-42-44-46-48-50-52-54-56-58-60-62-64-70(78)75-67(66-82-74-73(81)72(80)71(79)69(65-76)83-74)68(77)63-61-59-57-55-53-51-49-47-45-43-24-22-20-18-16-14-12-10-8-6-4-2/h61,63,67-69,71-74,76-77,79-81H,3-60,62,64-66H2,1-2H3,(H,75,78)/b63-61+. The number of aliphatic hydroxyl groups excluding tert-OH is 5. The van der Waals surface area contributed by atoms with Crippen molar-refractivity contribution in [2.24, 2.45) is 0 Å². The Morgan fingerprint density at radius 3 is 0.940 bits per heavy atom. The number of hydrogen-bond donors (Lipinski definition) is 6. The number of unbranched alkanes of at least 4 members (excludes halogenated alkanes) is 57. The van der Waals surface area contributed by atoms with E-state index in [2.05, 4.69) is 19.2 Å². The summed E-state index contributed by atoms with van der Waals surface area (Å²) in [5.41, 5.74) is 0. The molecule has 0 spiro atoms. The van der Waals surface area contributed by atoms with Crippen LogP contribution in [0.4, 0.5) is 0 Å². The predicted molar refractivity (Wildman–Crippen MR) is 355 cm³/mol. The molecule has 0 aliphatic carbocycles. The zero-order chi connectivity index (χ0) is 60.0. The van der Waals surface area contributed by atoms with Crippen molar-refractivity contribution in [1.82, 2.24) is 5.32 Å². The monoisotopic (exact) mass is 1180 g/mol. The molecule has 0 saturated carbocycles. The van der Waals surface area contributed by atoms with Crippen LogP contribution >= 0.6 is 0 Å². The molecule has 0 bridgehead atoms. The summed E-state index contributed by atoms with van der Waals surface area (Å²) in [6, 6.07) is -0.802. The summed E-state index contributed by atoms with van der Waals surface area (Å²) in [4.78, 5) is 13.1. The van der Waals surface area contributed by atoms with Gasteiger partial charge in [0, 0.05) is 6.42 Å². The van der Waals surface area contributed by atoms with Crippen LogP contribution in [0.1, 0.15) is 399 Å². The average Bonchev–Trinajstić information content (AvgIpc) is 3.49. The van der Waals surface area contributed by atoms with Crippen LogP contribution in [-0.4, -0.2) is 87.5 Å². The van der Waals surface area contributed by atoms with Gasteiger partial charge in [-0.15, -0.1) is 0 Å². The van der Waals surface area contributed by atoms with Gasteiger partial charge in [-0.1, -0.05) is 386 Å². The van der Waals surface area contributed by atoms with Crippen LogP contribution in [0.15, 0.2) is 12.2 Å². The molecule has 1 aliphatic heterocycles. The van der Waals surface area contributed by atoms with Crippen molar-refractivity contribution < 1.29 is 39.8 Å². The number of allylic oxidation sites excluding steroid dienone is 1.